The Morgan fingerprint density at radius 1 is 0.382 bits per heavy atom. The summed E-state index contributed by atoms with van der Waals surface area (Å²) < 4.78 is 5.20. The van der Waals surface area contributed by atoms with Gasteiger partial charge in [-0.2, -0.15) is 0 Å². The zero-order chi connectivity index (χ0) is 51.2. The van der Waals surface area contributed by atoms with Crippen molar-refractivity contribution in [2.24, 2.45) is 0 Å². The Kier molecular flexibility index (Phi) is 13.2. The van der Waals surface area contributed by atoms with Crippen molar-refractivity contribution >= 4 is 120 Å². The van der Waals surface area contributed by atoms with Gasteiger partial charge in [-0.25, -0.2) is 19.9 Å². The maximum absolute atomic E-state index is 12.1. The molecule has 10 aromatic rings. The van der Waals surface area contributed by atoms with Gasteiger partial charge in [0.2, 0.25) is 0 Å². The van der Waals surface area contributed by atoms with Crippen molar-refractivity contribution < 1.29 is 9.53 Å². The smallest absolute Gasteiger partial charge is 0.305 e. The minimum Gasteiger partial charge on any atom is -0.466 e. The molecule has 0 radical (unpaired) electrons. The number of esters is 1. The van der Waals surface area contributed by atoms with Crippen molar-refractivity contribution in [2.45, 2.75) is 25.7 Å². The molecule has 10 heteroatoms. The number of carbonyl (C=O) groups is 1. The largest absolute Gasteiger partial charge is 0.466 e. The number of hydrogen-bond acceptors (Lipinski definition) is 6. The van der Waals surface area contributed by atoms with Crippen LogP contribution in [0.1, 0.15) is 82.4 Å². The molecule has 4 N–H and O–H groups in total. The lowest BCUT2D eigenvalue weighted by atomic mass is 9.82. The van der Waals surface area contributed by atoms with Gasteiger partial charge in [-0.3, -0.25) is 4.79 Å². The van der Waals surface area contributed by atoms with Gasteiger partial charge in [0.15, 0.2) is 0 Å². The fourth-order valence-corrected chi connectivity index (χ4v) is 9.97. The average Bonchev–Trinajstić information content (AvgIpc) is 4.31. The van der Waals surface area contributed by atoms with Crippen molar-refractivity contribution in [3.05, 3.63) is 239 Å². The minimum absolute atomic E-state index is 0.126. The molecular weight excluding hydrogens is 937 g/mol. The highest BCUT2D eigenvalue weighted by molar-refractivity contribution is 5.90. The van der Waals surface area contributed by atoms with Crippen molar-refractivity contribution in [3.63, 3.8) is 0 Å². The molecule has 0 amide bonds. The average molecular weight is 989 g/mol. The Hall–Kier alpha value is -9.93. The van der Waals surface area contributed by atoms with Gasteiger partial charge in [0, 0.05) is 56.5 Å². The number of rotatable bonds is 6. The number of nitrogens with zero attached hydrogens (tertiary/aromatic N) is 4. The number of fused-ring (bicyclic) bond motifs is 18. The number of benzene rings is 4. The van der Waals surface area contributed by atoms with E-state index in [4.69, 9.17) is 4.74 Å². The van der Waals surface area contributed by atoms with Crippen LogP contribution in [-0.2, 0) is 9.53 Å². The number of aromatic amines is 4. The molecular formula is C66H52N8O2. The van der Waals surface area contributed by atoms with E-state index < -0.39 is 0 Å². The van der Waals surface area contributed by atoms with Gasteiger partial charge in [-0.1, -0.05) is 84.9 Å². The van der Waals surface area contributed by atoms with Crippen molar-refractivity contribution in [1.82, 2.24) is 39.9 Å². The van der Waals surface area contributed by atoms with E-state index in [1.807, 2.05) is 91.9 Å². The third-order valence-electron chi connectivity index (χ3n) is 13.4. The Morgan fingerprint density at radius 3 is 1.03 bits per heavy atom. The number of aromatic nitrogens is 8. The van der Waals surface area contributed by atoms with Crippen LogP contribution in [0.2, 0.25) is 0 Å². The second kappa shape index (κ2) is 21.3. The topological polar surface area (TPSA) is 141 Å². The predicted octanol–water partition coefficient (Wildman–Crippen LogP) is 15.8. The SMILES string of the molecule is C1=Cc2cc3ccc(cc4ccc(cc5nc(cc1n2)C=C5)[nH]4)[nH]3.C1=Cc2cc3ccc(cc4ccc(cc5nc(cc1n2)C=C5)[nH]4)[nH]3.CCOC(=O)CCC(c1cccc2ccccc12)c1cccc2ccccc12. The van der Waals surface area contributed by atoms with E-state index in [0.29, 0.717) is 13.0 Å². The van der Waals surface area contributed by atoms with E-state index >= 15 is 0 Å². The molecule has 0 aliphatic carbocycles. The van der Waals surface area contributed by atoms with Gasteiger partial charge in [0.1, 0.15) is 0 Å². The summed E-state index contributed by atoms with van der Waals surface area (Å²) in [5, 5.41) is 4.93. The third-order valence-corrected chi connectivity index (χ3v) is 13.4. The molecule has 0 fully saturated rings. The lowest BCUT2D eigenvalue weighted by Crippen LogP contribution is -2.09. The minimum atomic E-state index is -0.132. The fraction of sp³-hybridized carbons (Fsp3) is 0.0758. The van der Waals surface area contributed by atoms with Gasteiger partial charge < -0.3 is 24.7 Å². The standard InChI is InChI=1S/C26H24O2.2C20H14N4/c1-2-28-26(27)18-17-25(23-15-7-11-19-9-3-5-13-21(19)23)24-16-8-12-20-10-4-6-14-22(20)24;2*1-2-14-10-16-5-6-18(23-16)12-20-8-7-19(24-20)11-17-4-3-15(22-17)9-13(1)21-14/h3-16,25H,2,17-18H2,1H3;2*1-12,21-22H. The van der Waals surface area contributed by atoms with Crippen LogP contribution in [0.4, 0.5) is 0 Å². The Bertz CT molecular complexity index is 3860. The molecule has 4 aliphatic heterocycles. The van der Waals surface area contributed by atoms with Crippen LogP contribution in [0, 0.1) is 0 Å². The molecule has 4 aromatic carbocycles. The summed E-state index contributed by atoms with van der Waals surface area (Å²) in [7, 11) is 0. The summed E-state index contributed by atoms with van der Waals surface area (Å²) >= 11 is 0. The van der Waals surface area contributed by atoms with Gasteiger partial charge in [-0.15, -0.1) is 0 Å². The molecule has 10 heterocycles. The molecule has 0 spiro atoms. The lowest BCUT2D eigenvalue weighted by Gasteiger charge is -2.21. The lowest BCUT2D eigenvalue weighted by molar-refractivity contribution is -0.143. The fourth-order valence-electron chi connectivity index (χ4n) is 9.97. The maximum atomic E-state index is 12.1. The number of carbonyl (C=O) groups excluding carboxylic acids is 1. The van der Waals surface area contributed by atoms with E-state index in [-0.39, 0.29) is 11.9 Å². The second-order valence-electron chi connectivity index (χ2n) is 18.8. The molecule has 16 bridgehead atoms. The molecule has 6 aromatic heterocycles. The van der Waals surface area contributed by atoms with Crippen LogP contribution in [0.3, 0.4) is 0 Å². The summed E-state index contributed by atoms with van der Waals surface area (Å²) in [5.41, 5.74) is 18.2. The first-order valence-electron chi connectivity index (χ1n) is 25.6. The molecule has 0 saturated carbocycles. The van der Waals surface area contributed by atoms with Gasteiger partial charge >= 0.3 is 5.97 Å². The van der Waals surface area contributed by atoms with Crippen LogP contribution in [0.5, 0.6) is 0 Å². The monoisotopic (exact) mass is 988 g/mol. The van der Waals surface area contributed by atoms with Crippen molar-refractivity contribution in [3.8, 4) is 0 Å². The Balaban J connectivity index is 0.000000115. The Labute approximate surface area is 438 Å². The summed E-state index contributed by atoms with van der Waals surface area (Å²) in [4.78, 5) is 44.2. The normalized spacial score (nSPS) is 12.1. The van der Waals surface area contributed by atoms with Gasteiger partial charge in [-0.05, 0) is 192 Å². The maximum Gasteiger partial charge on any atom is 0.305 e. The number of hydrogen-bond donors (Lipinski definition) is 4. The molecule has 4 aliphatic rings. The predicted molar refractivity (Wildman–Crippen MR) is 313 cm³/mol. The number of ether oxygens (including phenoxy) is 1. The van der Waals surface area contributed by atoms with E-state index in [1.165, 1.54) is 32.7 Å². The van der Waals surface area contributed by atoms with E-state index in [1.54, 1.807) is 0 Å². The second-order valence-corrected chi connectivity index (χ2v) is 18.8. The zero-order valence-corrected chi connectivity index (χ0v) is 41.7. The summed E-state index contributed by atoms with van der Waals surface area (Å²) in [6.45, 7) is 2.27. The first-order chi connectivity index (χ1) is 37.4. The molecule has 368 valence electrons. The van der Waals surface area contributed by atoms with E-state index in [0.717, 1.165) is 96.1 Å². The molecule has 0 atom stereocenters. The van der Waals surface area contributed by atoms with Gasteiger partial charge in [0.25, 0.3) is 0 Å². The van der Waals surface area contributed by atoms with E-state index in [9.17, 15) is 4.79 Å². The Morgan fingerprint density at radius 2 is 0.684 bits per heavy atom. The van der Waals surface area contributed by atoms with Crippen molar-refractivity contribution in [2.75, 3.05) is 6.61 Å². The summed E-state index contributed by atoms with van der Waals surface area (Å²) in [5.74, 6) is -0.00502. The molecule has 0 saturated heterocycles. The highest BCUT2D eigenvalue weighted by Gasteiger charge is 2.21. The molecule has 10 nitrogen and oxygen atoms in total. The molecule has 14 rings (SSSR count). The van der Waals surface area contributed by atoms with Crippen LogP contribution >= 0.6 is 0 Å². The number of H-pyrrole nitrogens is 4. The molecule has 76 heavy (non-hydrogen) atoms. The highest BCUT2D eigenvalue weighted by Crippen LogP contribution is 2.38. The quantitative estimate of drug-likeness (QED) is 0.122. The first-order valence-corrected chi connectivity index (χ1v) is 25.6. The van der Waals surface area contributed by atoms with Crippen LogP contribution < -0.4 is 0 Å². The third kappa shape index (κ3) is 11.0. The van der Waals surface area contributed by atoms with Crippen LogP contribution in [0.25, 0.3) is 114 Å². The van der Waals surface area contributed by atoms with Crippen molar-refractivity contribution in [1.29, 1.82) is 0 Å². The molecule has 0 unspecified atom stereocenters. The summed E-state index contributed by atoms with van der Waals surface area (Å²) in [6, 6.07) is 62.6. The van der Waals surface area contributed by atoms with Gasteiger partial charge in [0.05, 0.1) is 52.2 Å². The number of nitrogens with one attached hydrogen (secondary N) is 4. The highest BCUT2D eigenvalue weighted by atomic mass is 16.5. The summed E-state index contributed by atoms with van der Waals surface area (Å²) in [6.07, 6.45) is 17.2. The van der Waals surface area contributed by atoms with E-state index in [2.05, 4.69) is 185 Å². The van der Waals surface area contributed by atoms with Crippen LogP contribution in [-0.4, -0.2) is 52.4 Å². The zero-order valence-electron chi connectivity index (χ0n) is 41.7. The van der Waals surface area contributed by atoms with Crippen LogP contribution in [0.15, 0.2) is 182 Å². The first kappa shape index (κ1) is 47.1.